The molecular formula is C20H21FN4O3S. The van der Waals surface area contributed by atoms with E-state index in [1.807, 2.05) is 12.3 Å². The Morgan fingerprint density at radius 1 is 1.17 bits per heavy atom. The van der Waals surface area contributed by atoms with Crippen molar-refractivity contribution in [2.75, 3.05) is 26.1 Å². The predicted octanol–water partition coefficient (Wildman–Crippen LogP) is 2.92. The summed E-state index contributed by atoms with van der Waals surface area (Å²) < 4.78 is 24.8. The Morgan fingerprint density at radius 2 is 1.93 bits per heavy atom. The Hall–Kier alpha value is -2.33. The summed E-state index contributed by atoms with van der Waals surface area (Å²) in [6, 6.07) is 8.00. The average Bonchev–Trinajstić information content (AvgIpc) is 3.18. The third-order valence-corrected chi connectivity index (χ3v) is 5.16. The summed E-state index contributed by atoms with van der Waals surface area (Å²) in [5.41, 5.74) is 2.88. The van der Waals surface area contributed by atoms with Crippen LogP contribution in [0.15, 0.2) is 41.7 Å². The fraction of sp³-hybridized carbons (Fsp3) is 0.350. The highest BCUT2D eigenvalue weighted by Crippen LogP contribution is 2.30. The molecule has 152 valence electrons. The quantitative estimate of drug-likeness (QED) is 0.471. The maximum Gasteiger partial charge on any atom is 0.187 e. The molecule has 1 aliphatic heterocycles. The van der Waals surface area contributed by atoms with Gasteiger partial charge in [0.25, 0.3) is 0 Å². The minimum absolute atomic E-state index is 0.000767. The molecule has 1 saturated heterocycles. The number of aromatic nitrogens is 4. The highest BCUT2D eigenvalue weighted by molar-refractivity contribution is 7.98. The lowest BCUT2D eigenvalue weighted by Gasteiger charge is -2.27. The third-order valence-electron chi connectivity index (χ3n) is 4.60. The molecule has 4 rings (SSSR count). The van der Waals surface area contributed by atoms with E-state index in [2.05, 4.69) is 15.0 Å². The number of benzene rings is 1. The van der Waals surface area contributed by atoms with Crippen molar-refractivity contribution in [2.45, 2.75) is 17.9 Å². The highest BCUT2D eigenvalue weighted by Gasteiger charge is 2.24. The molecule has 0 atom stereocenters. The number of hydrogen-bond donors (Lipinski definition) is 2. The van der Waals surface area contributed by atoms with Crippen LogP contribution in [-0.4, -0.2) is 57.4 Å². The maximum atomic E-state index is 13.4. The fourth-order valence-corrected chi connectivity index (χ4v) is 3.42. The summed E-state index contributed by atoms with van der Waals surface area (Å²) in [6.07, 6.45) is 3.60. The molecule has 1 aliphatic rings. The monoisotopic (exact) mass is 416 g/mol. The van der Waals surface area contributed by atoms with Crippen molar-refractivity contribution < 1.29 is 19.0 Å². The summed E-state index contributed by atoms with van der Waals surface area (Å²) in [5.74, 6) is 0.371. The first-order valence-electron chi connectivity index (χ1n) is 9.22. The number of imidazole rings is 1. The first-order chi connectivity index (χ1) is 14.2. The largest absolute Gasteiger partial charge is 0.396 e. The number of aliphatic hydroxyl groups excluding tert-OH is 1. The van der Waals surface area contributed by atoms with Gasteiger partial charge in [-0.25, -0.2) is 19.3 Å². The predicted molar refractivity (Wildman–Crippen MR) is 107 cm³/mol. The standard InChI is InChI=1S/C20H21FN4O3S/c1-29-20-22-7-6-15(23-20)19-18(13-2-4-14(21)5-3-13)24-16(25-19)8-17-27-10-12(9-26)11-28-17/h2-7,12,17,26H,8-11H2,1H3,(H,24,25). The first-order valence-corrected chi connectivity index (χ1v) is 10.4. The van der Waals surface area contributed by atoms with Gasteiger partial charge < -0.3 is 19.6 Å². The summed E-state index contributed by atoms with van der Waals surface area (Å²) in [4.78, 5) is 16.8. The topological polar surface area (TPSA) is 93.2 Å². The van der Waals surface area contributed by atoms with E-state index < -0.39 is 6.29 Å². The van der Waals surface area contributed by atoms with Gasteiger partial charge in [-0.15, -0.1) is 0 Å². The van der Waals surface area contributed by atoms with Gasteiger partial charge in [0.2, 0.25) is 0 Å². The molecule has 3 aromatic rings. The van der Waals surface area contributed by atoms with Crippen LogP contribution in [-0.2, 0) is 15.9 Å². The van der Waals surface area contributed by atoms with Crippen LogP contribution in [0.4, 0.5) is 4.39 Å². The van der Waals surface area contributed by atoms with Crippen molar-refractivity contribution in [3.05, 3.63) is 48.2 Å². The number of thioether (sulfide) groups is 1. The van der Waals surface area contributed by atoms with Gasteiger partial charge in [-0.05, 0) is 36.6 Å². The van der Waals surface area contributed by atoms with Gasteiger partial charge in [0.05, 0.1) is 43.3 Å². The molecule has 0 bridgehead atoms. The smallest absolute Gasteiger partial charge is 0.187 e. The van der Waals surface area contributed by atoms with Gasteiger partial charge in [-0.1, -0.05) is 11.8 Å². The zero-order valence-electron chi connectivity index (χ0n) is 15.8. The van der Waals surface area contributed by atoms with E-state index in [1.165, 1.54) is 23.9 Å². The van der Waals surface area contributed by atoms with Gasteiger partial charge in [0, 0.05) is 17.7 Å². The minimum Gasteiger partial charge on any atom is -0.396 e. The van der Waals surface area contributed by atoms with Gasteiger partial charge >= 0.3 is 0 Å². The van der Waals surface area contributed by atoms with E-state index in [1.54, 1.807) is 18.3 Å². The Morgan fingerprint density at radius 3 is 2.62 bits per heavy atom. The Balaban J connectivity index is 1.66. The van der Waals surface area contributed by atoms with Crippen molar-refractivity contribution in [3.63, 3.8) is 0 Å². The molecule has 0 unspecified atom stereocenters. The number of nitrogens with zero attached hydrogens (tertiary/aromatic N) is 3. The van der Waals surface area contributed by atoms with Crippen molar-refractivity contribution >= 4 is 11.8 Å². The second kappa shape index (κ2) is 9.00. The molecule has 1 aromatic carbocycles. The van der Waals surface area contributed by atoms with Crippen LogP contribution < -0.4 is 0 Å². The van der Waals surface area contributed by atoms with Gasteiger partial charge in [-0.3, -0.25) is 0 Å². The number of aliphatic hydroxyl groups is 1. The Bertz CT molecular complexity index is 959. The SMILES string of the molecule is CSc1nccc(-c2[nH]c(CC3OCC(CO)CO3)nc2-c2ccc(F)cc2)n1. The van der Waals surface area contributed by atoms with Crippen molar-refractivity contribution in [2.24, 2.45) is 5.92 Å². The average molecular weight is 416 g/mol. The van der Waals surface area contributed by atoms with Crippen LogP contribution in [0.2, 0.25) is 0 Å². The molecule has 2 N–H and O–H groups in total. The molecule has 0 radical (unpaired) electrons. The second-order valence-corrected chi connectivity index (χ2v) is 7.46. The molecule has 2 aromatic heterocycles. The van der Waals surface area contributed by atoms with Crippen LogP contribution in [0.1, 0.15) is 5.82 Å². The molecule has 0 aliphatic carbocycles. The summed E-state index contributed by atoms with van der Waals surface area (Å²) in [6.45, 7) is 0.933. The molecule has 29 heavy (non-hydrogen) atoms. The van der Waals surface area contributed by atoms with Gasteiger partial charge in [0.15, 0.2) is 11.4 Å². The van der Waals surface area contributed by atoms with Crippen LogP contribution >= 0.6 is 11.8 Å². The second-order valence-electron chi connectivity index (χ2n) is 6.69. The molecule has 1 fully saturated rings. The van der Waals surface area contributed by atoms with Gasteiger partial charge in [-0.2, -0.15) is 0 Å². The Labute approximate surface area is 171 Å². The number of rotatable bonds is 6. The molecule has 0 spiro atoms. The minimum atomic E-state index is -0.440. The number of H-pyrrole nitrogens is 1. The van der Waals surface area contributed by atoms with Gasteiger partial charge in [0.1, 0.15) is 11.6 Å². The van der Waals surface area contributed by atoms with Crippen LogP contribution in [0.3, 0.4) is 0 Å². The molecule has 3 heterocycles. The summed E-state index contributed by atoms with van der Waals surface area (Å²) in [7, 11) is 0. The summed E-state index contributed by atoms with van der Waals surface area (Å²) in [5, 5.41) is 9.85. The fourth-order valence-electron chi connectivity index (χ4n) is 3.06. The molecular weight excluding hydrogens is 395 g/mol. The van der Waals surface area contributed by atoms with Crippen LogP contribution in [0.25, 0.3) is 22.6 Å². The third kappa shape index (κ3) is 4.64. The van der Waals surface area contributed by atoms with E-state index in [0.717, 1.165) is 11.3 Å². The number of nitrogens with one attached hydrogen (secondary N) is 1. The number of ether oxygens (including phenoxy) is 2. The maximum absolute atomic E-state index is 13.4. The molecule has 0 amide bonds. The summed E-state index contributed by atoms with van der Waals surface area (Å²) >= 11 is 1.45. The Kier molecular flexibility index (Phi) is 6.19. The number of halogens is 1. The van der Waals surface area contributed by atoms with E-state index in [9.17, 15) is 9.50 Å². The first kappa shape index (κ1) is 20.0. The van der Waals surface area contributed by atoms with E-state index in [0.29, 0.717) is 42.0 Å². The number of hydrogen-bond acceptors (Lipinski definition) is 7. The molecule has 0 saturated carbocycles. The zero-order valence-corrected chi connectivity index (χ0v) is 16.7. The highest BCUT2D eigenvalue weighted by atomic mass is 32.2. The molecule has 9 heteroatoms. The van der Waals surface area contributed by atoms with E-state index in [-0.39, 0.29) is 18.3 Å². The lowest BCUT2D eigenvalue weighted by atomic mass is 10.1. The van der Waals surface area contributed by atoms with Crippen molar-refractivity contribution in [1.82, 2.24) is 19.9 Å². The zero-order chi connectivity index (χ0) is 20.2. The molecule has 7 nitrogen and oxygen atoms in total. The van der Waals surface area contributed by atoms with Crippen LogP contribution in [0, 0.1) is 11.7 Å². The lowest BCUT2D eigenvalue weighted by Crippen LogP contribution is -2.35. The van der Waals surface area contributed by atoms with Crippen LogP contribution in [0.5, 0.6) is 0 Å². The van der Waals surface area contributed by atoms with Crippen molar-refractivity contribution in [3.8, 4) is 22.6 Å². The van der Waals surface area contributed by atoms with E-state index in [4.69, 9.17) is 14.5 Å². The lowest BCUT2D eigenvalue weighted by molar-refractivity contribution is -0.204. The normalized spacial score (nSPS) is 19.4. The van der Waals surface area contributed by atoms with Crippen molar-refractivity contribution in [1.29, 1.82) is 0 Å². The number of aromatic amines is 1. The van der Waals surface area contributed by atoms with E-state index >= 15 is 0 Å².